The van der Waals surface area contributed by atoms with Crippen LogP contribution in [0.3, 0.4) is 0 Å². The summed E-state index contributed by atoms with van der Waals surface area (Å²) in [5, 5.41) is 9.51. The average molecular weight is 348 g/mol. The Balaban J connectivity index is 1.48. The van der Waals surface area contributed by atoms with Crippen molar-refractivity contribution in [2.75, 3.05) is 10.6 Å². The molecule has 2 amide bonds. The van der Waals surface area contributed by atoms with E-state index >= 15 is 0 Å². The van der Waals surface area contributed by atoms with Crippen LogP contribution in [0.1, 0.15) is 45.2 Å². The van der Waals surface area contributed by atoms with Crippen molar-refractivity contribution in [3.05, 3.63) is 71.9 Å². The summed E-state index contributed by atoms with van der Waals surface area (Å²) in [7, 11) is 0. The van der Waals surface area contributed by atoms with Crippen LogP contribution >= 0.6 is 0 Å². The van der Waals surface area contributed by atoms with E-state index in [0.717, 1.165) is 12.8 Å². The number of carbonyl (C=O) groups is 2. The minimum atomic E-state index is -0.292. The summed E-state index contributed by atoms with van der Waals surface area (Å²) in [5.41, 5.74) is 2.76. The normalized spacial score (nSPS) is 13.2. The van der Waals surface area contributed by atoms with Gasteiger partial charge in [0.25, 0.3) is 11.8 Å². The van der Waals surface area contributed by atoms with Crippen LogP contribution in [0.4, 0.5) is 11.4 Å². The zero-order chi connectivity index (χ0) is 17.9. The smallest absolute Gasteiger partial charge is 0.260 e. The minimum absolute atomic E-state index is 0.268. The molecule has 0 saturated heterocycles. The Labute approximate surface area is 149 Å². The molecular formula is C19H16N4O3. The van der Waals surface area contributed by atoms with Gasteiger partial charge >= 0.3 is 0 Å². The molecule has 0 bridgehead atoms. The maximum Gasteiger partial charge on any atom is 0.260 e. The topological polar surface area (TPSA) is 97.1 Å². The molecule has 0 aliphatic heterocycles. The summed E-state index contributed by atoms with van der Waals surface area (Å²) in [6, 6.07) is 10.2. The van der Waals surface area contributed by atoms with Gasteiger partial charge in [0.1, 0.15) is 11.8 Å². The number of nitrogens with one attached hydrogen (secondary N) is 2. The SMILES string of the molecule is O=C(Nc1ccncc1)c1cccc(NC(=O)c2conc2C2CC2)c1. The number of pyridine rings is 1. The molecule has 7 heteroatoms. The van der Waals surface area contributed by atoms with Gasteiger partial charge in [0.15, 0.2) is 0 Å². The zero-order valence-corrected chi connectivity index (χ0v) is 13.8. The highest BCUT2D eigenvalue weighted by atomic mass is 16.5. The van der Waals surface area contributed by atoms with Gasteiger partial charge < -0.3 is 15.2 Å². The molecule has 2 N–H and O–H groups in total. The van der Waals surface area contributed by atoms with E-state index in [1.807, 2.05) is 0 Å². The van der Waals surface area contributed by atoms with E-state index in [-0.39, 0.29) is 11.8 Å². The van der Waals surface area contributed by atoms with E-state index in [9.17, 15) is 9.59 Å². The van der Waals surface area contributed by atoms with Gasteiger partial charge in [-0.2, -0.15) is 0 Å². The highest BCUT2D eigenvalue weighted by Gasteiger charge is 2.31. The van der Waals surface area contributed by atoms with Crippen molar-refractivity contribution in [2.24, 2.45) is 0 Å². The fourth-order valence-corrected chi connectivity index (χ4v) is 2.64. The van der Waals surface area contributed by atoms with Crippen LogP contribution in [0.15, 0.2) is 59.6 Å². The number of hydrogen-bond acceptors (Lipinski definition) is 5. The molecule has 3 aromatic rings. The van der Waals surface area contributed by atoms with Gasteiger partial charge in [-0.05, 0) is 43.2 Å². The third-order valence-corrected chi connectivity index (χ3v) is 4.13. The molecule has 1 saturated carbocycles. The number of amides is 2. The van der Waals surface area contributed by atoms with Crippen LogP contribution in [0.2, 0.25) is 0 Å². The molecule has 2 aromatic heterocycles. The second-order valence-corrected chi connectivity index (χ2v) is 6.11. The highest BCUT2D eigenvalue weighted by molar-refractivity contribution is 6.07. The van der Waals surface area contributed by atoms with Crippen molar-refractivity contribution in [2.45, 2.75) is 18.8 Å². The van der Waals surface area contributed by atoms with Gasteiger partial charge in [-0.3, -0.25) is 14.6 Å². The second kappa shape index (κ2) is 6.79. The molecule has 26 heavy (non-hydrogen) atoms. The number of hydrogen-bond donors (Lipinski definition) is 2. The van der Waals surface area contributed by atoms with Crippen LogP contribution in [0.5, 0.6) is 0 Å². The Morgan fingerprint density at radius 3 is 2.54 bits per heavy atom. The third kappa shape index (κ3) is 3.46. The molecule has 7 nitrogen and oxygen atoms in total. The summed E-state index contributed by atoms with van der Waals surface area (Å²) < 4.78 is 4.95. The molecule has 4 rings (SSSR count). The van der Waals surface area contributed by atoms with Crippen molar-refractivity contribution in [3.8, 4) is 0 Å². The predicted octanol–water partition coefficient (Wildman–Crippen LogP) is 3.45. The molecule has 1 aliphatic rings. The Hall–Kier alpha value is -3.48. The van der Waals surface area contributed by atoms with Crippen LogP contribution in [-0.2, 0) is 0 Å². The minimum Gasteiger partial charge on any atom is -0.364 e. The largest absolute Gasteiger partial charge is 0.364 e. The number of aromatic nitrogens is 2. The van der Waals surface area contributed by atoms with Crippen molar-refractivity contribution in [3.63, 3.8) is 0 Å². The quantitative estimate of drug-likeness (QED) is 0.736. The highest BCUT2D eigenvalue weighted by Crippen LogP contribution is 2.40. The second-order valence-electron chi connectivity index (χ2n) is 6.11. The number of nitrogens with zero attached hydrogens (tertiary/aromatic N) is 2. The molecule has 1 aromatic carbocycles. The molecule has 130 valence electrons. The lowest BCUT2D eigenvalue weighted by Gasteiger charge is -2.08. The first-order valence-corrected chi connectivity index (χ1v) is 8.28. The van der Waals surface area contributed by atoms with E-state index in [4.69, 9.17) is 4.52 Å². The predicted molar refractivity (Wildman–Crippen MR) is 95.1 cm³/mol. The van der Waals surface area contributed by atoms with Gasteiger partial charge in [-0.1, -0.05) is 11.2 Å². The van der Waals surface area contributed by atoms with Gasteiger partial charge in [0.05, 0.1) is 5.69 Å². The van der Waals surface area contributed by atoms with E-state index in [0.29, 0.717) is 34.1 Å². The van der Waals surface area contributed by atoms with Crippen LogP contribution in [-0.4, -0.2) is 22.0 Å². The summed E-state index contributed by atoms with van der Waals surface area (Å²) in [4.78, 5) is 28.8. The zero-order valence-electron chi connectivity index (χ0n) is 13.8. The van der Waals surface area contributed by atoms with E-state index in [1.54, 1.807) is 48.8 Å². The van der Waals surface area contributed by atoms with Crippen LogP contribution in [0, 0.1) is 0 Å². The van der Waals surface area contributed by atoms with Crippen molar-refractivity contribution < 1.29 is 14.1 Å². The first-order chi connectivity index (χ1) is 12.7. The van der Waals surface area contributed by atoms with E-state index in [1.165, 1.54) is 6.26 Å². The van der Waals surface area contributed by atoms with Crippen molar-refractivity contribution >= 4 is 23.2 Å². The number of carbonyl (C=O) groups excluding carboxylic acids is 2. The Bertz CT molecular complexity index is 948. The first kappa shape index (κ1) is 16.0. The maximum atomic E-state index is 12.5. The summed E-state index contributed by atoms with van der Waals surface area (Å²) >= 11 is 0. The fraction of sp³-hybridized carbons (Fsp3) is 0.158. The molecule has 0 unspecified atom stereocenters. The number of rotatable bonds is 5. The van der Waals surface area contributed by atoms with Crippen molar-refractivity contribution in [1.82, 2.24) is 10.1 Å². The molecule has 1 fully saturated rings. The summed E-state index contributed by atoms with van der Waals surface area (Å²) in [6.45, 7) is 0. The fourth-order valence-electron chi connectivity index (χ4n) is 2.64. The van der Waals surface area contributed by atoms with Crippen LogP contribution in [0.25, 0.3) is 0 Å². The van der Waals surface area contributed by atoms with Gasteiger partial charge in [-0.15, -0.1) is 0 Å². The van der Waals surface area contributed by atoms with Gasteiger partial charge in [0.2, 0.25) is 0 Å². The molecule has 0 atom stereocenters. The van der Waals surface area contributed by atoms with E-state index < -0.39 is 0 Å². The lowest BCUT2D eigenvalue weighted by Crippen LogP contribution is -2.15. The summed E-state index contributed by atoms with van der Waals surface area (Å²) in [6.07, 6.45) is 6.61. The Morgan fingerprint density at radius 2 is 1.77 bits per heavy atom. The maximum absolute atomic E-state index is 12.5. The Morgan fingerprint density at radius 1 is 1.00 bits per heavy atom. The van der Waals surface area contributed by atoms with Crippen molar-refractivity contribution in [1.29, 1.82) is 0 Å². The average Bonchev–Trinajstić information content (AvgIpc) is 3.39. The van der Waals surface area contributed by atoms with E-state index in [2.05, 4.69) is 20.8 Å². The first-order valence-electron chi connectivity index (χ1n) is 8.28. The standard InChI is InChI=1S/C19H16N4O3/c24-18(21-14-6-8-20-9-7-14)13-2-1-3-15(10-13)22-19(25)16-11-26-23-17(16)12-4-5-12/h1-3,6-12H,4-5H2,(H,22,25)(H,20,21,24). The van der Waals surface area contributed by atoms with Gasteiger partial charge in [0, 0.05) is 35.2 Å². The molecule has 2 heterocycles. The Kier molecular flexibility index (Phi) is 4.18. The van der Waals surface area contributed by atoms with Crippen LogP contribution < -0.4 is 10.6 Å². The molecule has 1 aliphatic carbocycles. The number of benzene rings is 1. The molecule has 0 spiro atoms. The monoisotopic (exact) mass is 348 g/mol. The number of anilines is 2. The molecular weight excluding hydrogens is 332 g/mol. The lowest BCUT2D eigenvalue weighted by molar-refractivity contribution is 0.101. The third-order valence-electron chi connectivity index (χ3n) is 4.13. The van der Waals surface area contributed by atoms with Gasteiger partial charge in [-0.25, -0.2) is 0 Å². The lowest BCUT2D eigenvalue weighted by atomic mass is 10.1. The summed E-state index contributed by atoms with van der Waals surface area (Å²) in [5.74, 6) is -0.247. The molecule has 0 radical (unpaired) electrons.